The van der Waals surface area contributed by atoms with Crippen LogP contribution in [0.5, 0.6) is 0 Å². The number of nitrogens with zero attached hydrogens (tertiary/aromatic N) is 1. The second-order valence-electron chi connectivity index (χ2n) is 5.97. The van der Waals surface area contributed by atoms with E-state index in [9.17, 15) is 4.79 Å². The molecule has 1 amide bonds. The fourth-order valence-electron chi connectivity index (χ4n) is 3.65. The average molecular weight is 224 g/mol. The maximum atomic E-state index is 11.8. The van der Waals surface area contributed by atoms with E-state index in [1.165, 1.54) is 12.8 Å². The van der Waals surface area contributed by atoms with Crippen LogP contribution in [0.25, 0.3) is 0 Å². The van der Waals surface area contributed by atoms with Crippen molar-refractivity contribution in [1.29, 1.82) is 0 Å². The van der Waals surface area contributed by atoms with Gasteiger partial charge in [-0.3, -0.25) is 10.1 Å². The molecule has 1 N–H and O–H groups in total. The molecule has 1 saturated heterocycles. The van der Waals surface area contributed by atoms with Gasteiger partial charge in [-0.2, -0.15) is 0 Å². The van der Waals surface area contributed by atoms with Crippen LogP contribution < -0.4 is 5.32 Å². The number of likely N-dealkylation sites (N-methyl/N-ethyl adjacent to an activating group) is 1. The molecule has 92 valence electrons. The molecule has 0 radical (unpaired) electrons. The lowest BCUT2D eigenvalue weighted by molar-refractivity contribution is -0.132. The first kappa shape index (κ1) is 11.9. The van der Waals surface area contributed by atoms with Gasteiger partial charge in [0.2, 0.25) is 5.91 Å². The first-order chi connectivity index (χ1) is 7.47. The largest absolute Gasteiger partial charge is 0.326 e. The molecule has 3 nitrogen and oxygen atoms in total. The lowest BCUT2D eigenvalue weighted by Crippen LogP contribution is -2.60. The van der Waals surface area contributed by atoms with E-state index in [4.69, 9.17) is 0 Å². The molecule has 1 unspecified atom stereocenters. The summed E-state index contributed by atoms with van der Waals surface area (Å²) in [6, 6.07) is 0. The predicted molar refractivity (Wildman–Crippen MR) is 64.8 cm³/mol. The molecule has 1 spiro atoms. The summed E-state index contributed by atoms with van der Waals surface area (Å²) >= 11 is 0. The number of carbonyl (C=O) groups is 1. The zero-order valence-electron chi connectivity index (χ0n) is 10.9. The van der Waals surface area contributed by atoms with Gasteiger partial charge in [-0.15, -0.1) is 0 Å². The molecule has 1 saturated carbocycles. The molecule has 0 aromatic carbocycles. The molecule has 3 heteroatoms. The second kappa shape index (κ2) is 4.02. The van der Waals surface area contributed by atoms with E-state index in [2.05, 4.69) is 26.1 Å². The highest BCUT2D eigenvalue weighted by molar-refractivity contribution is 5.81. The Bertz CT molecular complexity index is 290. The Labute approximate surface area is 98.6 Å². The fourth-order valence-corrected chi connectivity index (χ4v) is 3.65. The smallest absolute Gasteiger partial charge is 0.237 e. The van der Waals surface area contributed by atoms with Crippen LogP contribution in [-0.2, 0) is 4.79 Å². The Morgan fingerprint density at radius 2 is 2.12 bits per heavy atom. The van der Waals surface area contributed by atoms with Crippen molar-refractivity contribution in [3.8, 4) is 0 Å². The molecule has 1 aliphatic heterocycles. The molecule has 0 aromatic rings. The molecule has 2 fully saturated rings. The summed E-state index contributed by atoms with van der Waals surface area (Å²) in [5, 5.41) is 3.51. The number of rotatable bonds is 1. The minimum absolute atomic E-state index is 0.0527. The van der Waals surface area contributed by atoms with Crippen molar-refractivity contribution in [2.45, 2.75) is 45.7 Å². The molecule has 0 aromatic heterocycles. The Balaban J connectivity index is 2.29. The summed E-state index contributed by atoms with van der Waals surface area (Å²) in [6.07, 6.45) is 3.65. The summed E-state index contributed by atoms with van der Waals surface area (Å²) in [5.41, 5.74) is -0.0527. The van der Waals surface area contributed by atoms with Crippen LogP contribution in [0.15, 0.2) is 0 Å². The Morgan fingerprint density at radius 3 is 2.62 bits per heavy atom. The van der Waals surface area contributed by atoms with E-state index in [0.29, 0.717) is 18.4 Å². The summed E-state index contributed by atoms with van der Waals surface area (Å²) in [6.45, 7) is 7.38. The lowest BCUT2D eigenvalue weighted by atomic mass is 9.69. The average Bonchev–Trinajstić information content (AvgIpc) is 2.47. The highest BCUT2D eigenvalue weighted by Gasteiger charge is 2.51. The van der Waals surface area contributed by atoms with Crippen LogP contribution in [0.3, 0.4) is 0 Å². The van der Waals surface area contributed by atoms with Gasteiger partial charge in [0.05, 0.1) is 12.2 Å². The third-order valence-electron chi connectivity index (χ3n) is 4.57. The van der Waals surface area contributed by atoms with Gasteiger partial charge in [-0.05, 0) is 30.6 Å². The van der Waals surface area contributed by atoms with E-state index >= 15 is 0 Å². The molecule has 1 aliphatic carbocycles. The molecular weight excluding hydrogens is 200 g/mol. The van der Waals surface area contributed by atoms with Gasteiger partial charge in [-0.25, -0.2) is 0 Å². The van der Waals surface area contributed by atoms with Crippen molar-refractivity contribution in [1.82, 2.24) is 10.2 Å². The molecule has 1 heterocycles. The normalized spacial score (nSPS) is 40.1. The van der Waals surface area contributed by atoms with Crippen molar-refractivity contribution < 1.29 is 4.79 Å². The first-order valence-corrected chi connectivity index (χ1v) is 6.49. The quantitative estimate of drug-likeness (QED) is 0.737. The molecule has 2 aliphatic rings. The number of amides is 1. The first-order valence-electron chi connectivity index (χ1n) is 6.49. The molecule has 16 heavy (non-hydrogen) atoms. The van der Waals surface area contributed by atoms with E-state index < -0.39 is 0 Å². The number of hydrogen-bond acceptors (Lipinski definition) is 2. The maximum absolute atomic E-state index is 11.8. The van der Waals surface area contributed by atoms with Gasteiger partial charge >= 0.3 is 0 Å². The Morgan fingerprint density at radius 1 is 1.44 bits per heavy atom. The highest BCUT2D eigenvalue weighted by Crippen LogP contribution is 2.44. The monoisotopic (exact) mass is 224 g/mol. The van der Waals surface area contributed by atoms with Crippen molar-refractivity contribution in [2.24, 2.45) is 17.8 Å². The third kappa shape index (κ3) is 1.65. The number of carbonyl (C=O) groups excluding carboxylic acids is 1. The van der Waals surface area contributed by atoms with Gasteiger partial charge in [-0.1, -0.05) is 27.2 Å². The van der Waals surface area contributed by atoms with Gasteiger partial charge in [0, 0.05) is 7.05 Å². The van der Waals surface area contributed by atoms with Crippen molar-refractivity contribution >= 4 is 5.91 Å². The third-order valence-corrected chi connectivity index (χ3v) is 4.57. The Kier molecular flexibility index (Phi) is 2.99. The molecule has 0 bridgehead atoms. The van der Waals surface area contributed by atoms with Crippen LogP contribution in [0.2, 0.25) is 0 Å². The van der Waals surface area contributed by atoms with Crippen LogP contribution in [-0.4, -0.2) is 30.1 Å². The van der Waals surface area contributed by atoms with Crippen LogP contribution >= 0.6 is 0 Å². The molecule has 2 rings (SSSR count). The Hall–Kier alpha value is -0.570. The topological polar surface area (TPSA) is 32.3 Å². The van der Waals surface area contributed by atoms with Crippen molar-refractivity contribution in [3.63, 3.8) is 0 Å². The summed E-state index contributed by atoms with van der Waals surface area (Å²) in [5.74, 6) is 2.20. The van der Waals surface area contributed by atoms with Gasteiger partial charge in [0.25, 0.3) is 0 Å². The zero-order valence-corrected chi connectivity index (χ0v) is 10.9. The SMILES string of the molecule is CC(C)[C@@H]1CC[C@@H](C)CC12NCC(=O)N2C. The van der Waals surface area contributed by atoms with E-state index in [-0.39, 0.29) is 11.6 Å². The lowest BCUT2D eigenvalue weighted by Gasteiger charge is -2.49. The van der Waals surface area contributed by atoms with Gasteiger partial charge in [0.15, 0.2) is 0 Å². The van der Waals surface area contributed by atoms with Crippen LogP contribution in [0.1, 0.15) is 40.0 Å². The van der Waals surface area contributed by atoms with Gasteiger partial charge in [0.1, 0.15) is 0 Å². The zero-order chi connectivity index (χ0) is 11.9. The summed E-state index contributed by atoms with van der Waals surface area (Å²) in [7, 11) is 1.97. The predicted octanol–water partition coefficient (Wildman–Crippen LogP) is 1.84. The van der Waals surface area contributed by atoms with E-state index in [1.54, 1.807) is 0 Å². The maximum Gasteiger partial charge on any atom is 0.237 e. The van der Waals surface area contributed by atoms with E-state index in [0.717, 1.165) is 12.3 Å². The van der Waals surface area contributed by atoms with E-state index in [1.807, 2.05) is 11.9 Å². The molecular formula is C13H24N2O. The number of nitrogens with one attached hydrogen (secondary N) is 1. The number of hydrogen-bond donors (Lipinski definition) is 1. The van der Waals surface area contributed by atoms with Gasteiger partial charge < -0.3 is 4.90 Å². The summed E-state index contributed by atoms with van der Waals surface area (Å²) < 4.78 is 0. The fraction of sp³-hybridized carbons (Fsp3) is 0.923. The van der Waals surface area contributed by atoms with Crippen molar-refractivity contribution in [2.75, 3.05) is 13.6 Å². The molecule has 3 atom stereocenters. The highest BCUT2D eigenvalue weighted by atomic mass is 16.2. The second-order valence-corrected chi connectivity index (χ2v) is 5.97. The van der Waals surface area contributed by atoms with Crippen LogP contribution in [0.4, 0.5) is 0 Å². The van der Waals surface area contributed by atoms with Crippen molar-refractivity contribution in [3.05, 3.63) is 0 Å². The minimum atomic E-state index is -0.0527. The standard InChI is InChI=1S/C13H24N2O/c1-9(2)11-6-5-10(3)7-13(11)14-8-12(16)15(13)4/h9-11,14H,5-8H2,1-4H3/t10-,11+,13?/m1/s1. The van der Waals surface area contributed by atoms with Crippen LogP contribution in [0, 0.1) is 17.8 Å². The minimum Gasteiger partial charge on any atom is -0.326 e. The summed E-state index contributed by atoms with van der Waals surface area (Å²) in [4.78, 5) is 13.8.